The van der Waals surface area contributed by atoms with Gasteiger partial charge in [-0.05, 0) is 26.0 Å². The lowest BCUT2D eigenvalue weighted by atomic mass is 9.90. The molecule has 21 heavy (non-hydrogen) atoms. The molecule has 2 rings (SSSR count). The first-order chi connectivity index (χ1) is 10.1. The predicted octanol–water partition coefficient (Wildman–Crippen LogP) is 2.92. The Morgan fingerprint density at radius 3 is 2.52 bits per heavy atom. The predicted molar refractivity (Wildman–Crippen MR) is 79.4 cm³/mol. The van der Waals surface area contributed by atoms with Gasteiger partial charge in [0, 0.05) is 23.6 Å². The van der Waals surface area contributed by atoms with Crippen LogP contribution in [0.15, 0.2) is 12.1 Å². The van der Waals surface area contributed by atoms with E-state index in [1.807, 2.05) is 13.8 Å². The van der Waals surface area contributed by atoms with E-state index >= 15 is 0 Å². The average molecular weight is 297 g/mol. The number of hydrogen-bond donors (Lipinski definition) is 1. The molecular formula is C16H24FNO3. The van der Waals surface area contributed by atoms with Crippen molar-refractivity contribution in [2.45, 2.75) is 32.4 Å². The van der Waals surface area contributed by atoms with Gasteiger partial charge in [0.25, 0.3) is 0 Å². The molecule has 1 aromatic rings. The maximum absolute atomic E-state index is 14.5. The molecule has 0 bridgehead atoms. The summed E-state index contributed by atoms with van der Waals surface area (Å²) in [5.74, 6) is 0.930. The molecule has 1 aliphatic heterocycles. The summed E-state index contributed by atoms with van der Waals surface area (Å²) in [6.45, 7) is 5.48. The van der Waals surface area contributed by atoms with Crippen LogP contribution in [0.4, 0.5) is 4.39 Å². The largest absolute Gasteiger partial charge is 0.493 e. The molecular weight excluding hydrogens is 273 g/mol. The Morgan fingerprint density at radius 1 is 1.33 bits per heavy atom. The van der Waals surface area contributed by atoms with Gasteiger partial charge in [-0.25, -0.2) is 4.39 Å². The van der Waals surface area contributed by atoms with Gasteiger partial charge in [-0.1, -0.05) is 6.92 Å². The zero-order chi connectivity index (χ0) is 15.4. The molecule has 1 saturated heterocycles. The Kier molecular flexibility index (Phi) is 5.42. The minimum Gasteiger partial charge on any atom is -0.493 e. The van der Waals surface area contributed by atoms with Gasteiger partial charge in [-0.15, -0.1) is 0 Å². The Bertz CT molecular complexity index is 481. The van der Waals surface area contributed by atoms with Gasteiger partial charge in [0.1, 0.15) is 5.82 Å². The van der Waals surface area contributed by atoms with Crippen molar-refractivity contribution in [1.82, 2.24) is 5.32 Å². The van der Waals surface area contributed by atoms with Crippen molar-refractivity contribution in [1.29, 1.82) is 0 Å². The molecule has 0 spiro atoms. The molecule has 1 heterocycles. The molecule has 0 radical (unpaired) electrons. The standard InChI is InChI=1S/C16H24FNO3/c1-5-18-16(11-6-10(2)21-9-11)12-7-14(19-3)15(20-4)8-13(12)17/h7-8,10-11,16,18H,5-6,9H2,1-4H3. The molecule has 4 nitrogen and oxygen atoms in total. The SMILES string of the molecule is CCNC(c1cc(OC)c(OC)cc1F)C1COC(C)C1. The summed E-state index contributed by atoms with van der Waals surface area (Å²) in [5.41, 5.74) is 0.609. The van der Waals surface area contributed by atoms with Gasteiger partial charge in [-0.3, -0.25) is 0 Å². The highest BCUT2D eigenvalue weighted by molar-refractivity contribution is 5.45. The highest BCUT2D eigenvalue weighted by Crippen LogP contribution is 2.37. The monoisotopic (exact) mass is 297 g/mol. The summed E-state index contributed by atoms with van der Waals surface area (Å²) in [6.07, 6.45) is 1.14. The fraction of sp³-hybridized carbons (Fsp3) is 0.625. The first-order valence-electron chi connectivity index (χ1n) is 7.37. The van der Waals surface area contributed by atoms with E-state index in [4.69, 9.17) is 14.2 Å². The van der Waals surface area contributed by atoms with Crippen LogP contribution in [-0.4, -0.2) is 33.5 Å². The topological polar surface area (TPSA) is 39.7 Å². The second kappa shape index (κ2) is 7.09. The summed E-state index contributed by atoms with van der Waals surface area (Å²) in [7, 11) is 3.06. The molecule has 0 aromatic heterocycles. The van der Waals surface area contributed by atoms with Crippen LogP contribution in [0.25, 0.3) is 0 Å². The molecule has 1 aromatic carbocycles. The average Bonchev–Trinajstić information content (AvgIpc) is 2.91. The summed E-state index contributed by atoms with van der Waals surface area (Å²) >= 11 is 0. The molecule has 118 valence electrons. The van der Waals surface area contributed by atoms with Crippen molar-refractivity contribution in [3.63, 3.8) is 0 Å². The van der Waals surface area contributed by atoms with Crippen LogP contribution < -0.4 is 14.8 Å². The van der Waals surface area contributed by atoms with Crippen molar-refractivity contribution in [3.05, 3.63) is 23.5 Å². The minimum absolute atomic E-state index is 0.0836. The zero-order valence-electron chi connectivity index (χ0n) is 13.1. The fourth-order valence-electron chi connectivity index (χ4n) is 2.94. The lowest BCUT2D eigenvalue weighted by Crippen LogP contribution is -2.29. The molecule has 1 N–H and O–H groups in total. The number of methoxy groups -OCH3 is 2. The van der Waals surface area contributed by atoms with Crippen molar-refractivity contribution in [2.75, 3.05) is 27.4 Å². The summed E-state index contributed by atoms with van der Waals surface area (Å²) in [6, 6.07) is 3.03. The third-order valence-electron chi connectivity index (χ3n) is 3.96. The highest BCUT2D eigenvalue weighted by atomic mass is 19.1. The third kappa shape index (κ3) is 3.47. The lowest BCUT2D eigenvalue weighted by Gasteiger charge is -2.25. The van der Waals surface area contributed by atoms with Crippen molar-refractivity contribution >= 4 is 0 Å². The highest BCUT2D eigenvalue weighted by Gasteiger charge is 2.32. The Labute approximate surface area is 125 Å². The number of benzene rings is 1. The maximum atomic E-state index is 14.5. The summed E-state index contributed by atoms with van der Waals surface area (Å²) in [5, 5.41) is 3.37. The molecule has 0 amide bonds. The van der Waals surface area contributed by atoms with Crippen LogP contribution in [0.2, 0.25) is 0 Å². The number of nitrogens with one attached hydrogen (secondary N) is 1. The van der Waals surface area contributed by atoms with Gasteiger partial charge in [-0.2, -0.15) is 0 Å². The normalized spacial score (nSPS) is 23.1. The first-order valence-corrected chi connectivity index (χ1v) is 7.37. The van der Waals surface area contributed by atoms with Gasteiger partial charge < -0.3 is 19.5 Å². The van der Waals surface area contributed by atoms with Gasteiger partial charge >= 0.3 is 0 Å². The second-order valence-corrected chi connectivity index (χ2v) is 5.40. The van der Waals surface area contributed by atoms with Crippen LogP contribution in [-0.2, 0) is 4.74 Å². The third-order valence-corrected chi connectivity index (χ3v) is 3.96. The van der Waals surface area contributed by atoms with Crippen LogP contribution in [0.5, 0.6) is 11.5 Å². The first kappa shape index (κ1) is 16.0. The molecule has 1 fully saturated rings. The number of halogens is 1. The van der Waals surface area contributed by atoms with Crippen molar-refractivity contribution in [3.8, 4) is 11.5 Å². The molecule has 1 aliphatic rings. The number of rotatable bonds is 6. The molecule has 3 atom stereocenters. The quantitative estimate of drug-likeness (QED) is 0.876. The minimum atomic E-state index is -0.279. The Balaban J connectivity index is 2.35. The Hall–Kier alpha value is -1.33. The van der Waals surface area contributed by atoms with E-state index in [2.05, 4.69) is 5.32 Å². The number of hydrogen-bond acceptors (Lipinski definition) is 4. The molecule has 0 saturated carbocycles. The van der Waals surface area contributed by atoms with Crippen LogP contribution >= 0.6 is 0 Å². The van der Waals surface area contributed by atoms with E-state index in [0.29, 0.717) is 23.7 Å². The van der Waals surface area contributed by atoms with Gasteiger partial charge in [0.2, 0.25) is 0 Å². The molecule has 3 unspecified atom stereocenters. The van der Waals surface area contributed by atoms with Gasteiger partial charge in [0.05, 0.1) is 26.9 Å². The van der Waals surface area contributed by atoms with E-state index in [1.54, 1.807) is 13.2 Å². The van der Waals surface area contributed by atoms with E-state index < -0.39 is 0 Å². The van der Waals surface area contributed by atoms with E-state index in [0.717, 1.165) is 13.0 Å². The number of ether oxygens (including phenoxy) is 3. The summed E-state index contributed by atoms with van der Waals surface area (Å²) in [4.78, 5) is 0. The van der Waals surface area contributed by atoms with E-state index in [-0.39, 0.29) is 23.9 Å². The van der Waals surface area contributed by atoms with Crippen molar-refractivity contribution in [2.24, 2.45) is 5.92 Å². The van der Waals surface area contributed by atoms with E-state index in [1.165, 1.54) is 13.2 Å². The Morgan fingerprint density at radius 2 is 2.00 bits per heavy atom. The fourth-order valence-corrected chi connectivity index (χ4v) is 2.94. The summed E-state index contributed by atoms with van der Waals surface area (Å²) < 4.78 is 30.5. The lowest BCUT2D eigenvalue weighted by molar-refractivity contribution is 0.116. The molecule has 5 heteroatoms. The second-order valence-electron chi connectivity index (χ2n) is 5.40. The van der Waals surface area contributed by atoms with Crippen LogP contribution in [0.1, 0.15) is 31.9 Å². The zero-order valence-corrected chi connectivity index (χ0v) is 13.1. The van der Waals surface area contributed by atoms with Crippen LogP contribution in [0, 0.1) is 11.7 Å². The molecule has 0 aliphatic carbocycles. The maximum Gasteiger partial charge on any atom is 0.163 e. The van der Waals surface area contributed by atoms with Gasteiger partial charge in [0.15, 0.2) is 11.5 Å². The van der Waals surface area contributed by atoms with Crippen LogP contribution in [0.3, 0.4) is 0 Å². The van der Waals surface area contributed by atoms with Crippen molar-refractivity contribution < 1.29 is 18.6 Å². The smallest absolute Gasteiger partial charge is 0.163 e. The van der Waals surface area contributed by atoms with E-state index in [9.17, 15) is 4.39 Å².